The molecule has 0 fully saturated rings. The Hall–Kier alpha value is -1.14. The smallest absolute Gasteiger partial charge is 0.305 e. The van der Waals surface area contributed by atoms with Crippen molar-refractivity contribution in [2.75, 3.05) is 13.2 Å². The van der Waals surface area contributed by atoms with Crippen LogP contribution in [0.3, 0.4) is 0 Å². The number of hydrogen-bond donors (Lipinski definition) is 3. The highest BCUT2D eigenvalue weighted by molar-refractivity contribution is 5.76. The molecule has 0 aliphatic carbocycles. The van der Waals surface area contributed by atoms with Crippen LogP contribution < -0.4 is 5.32 Å². The Kier molecular flexibility index (Phi) is 69.3. The lowest BCUT2D eigenvalue weighted by Crippen LogP contribution is -2.45. The van der Waals surface area contributed by atoms with Crippen LogP contribution in [0, 0.1) is 0 Å². The van der Waals surface area contributed by atoms with Gasteiger partial charge < -0.3 is 20.3 Å². The average molecular weight is 1130 g/mol. The minimum absolute atomic E-state index is 0.0286. The minimum atomic E-state index is -0.657. The fraction of sp³-hybridized carbons (Fsp3) is 0.973. The molecule has 0 aromatic rings. The van der Waals surface area contributed by atoms with Gasteiger partial charge in [-0.15, -0.1) is 0 Å². The van der Waals surface area contributed by atoms with Crippen molar-refractivity contribution in [3.8, 4) is 0 Å². The van der Waals surface area contributed by atoms with Crippen LogP contribution in [0.5, 0.6) is 0 Å². The van der Waals surface area contributed by atoms with Gasteiger partial charge in [0, 0.05) is 12.8 Å². The molecule has 2 unspecified atom stereocenters. The fourth-order valence-electron chi connectivity index (χ4n) is 12.2. The van der Waals surface area contributed by atoms with Gasteiger partial charge in [0.1, 0.15) is 0 Å². The first-order valence-electron chi connectivity index (χ1n) is 37.3. The molecule has 0 rings (SSSR count). The molecule has 2 atom stereocenters. The van der Waals surface area contributed by atoms with Crippen LogP contribution in [0.4, 0.5) is 0 Å². The van der Waals surface area contributed by atoms with Crippen LogP contribution in [-0.4, -0.2) is 47.4 Å². The van der Waals surface area contributed by atoms with E-state index in [4.69, 9.17) is 4.74 Å². The summed E-state index contributed by atoms with van der Waals surface area (Å²) in [5.74, 6) is -0.000842. The van der Waals surface area contributed by atoms with Crippen LogP contribution in [0.15, 0.2) is 0 Å². The third-order valence-electron chi connectivity index (χ3n) is 17.9. The van der Waals surface area contributed by atoms with E-state index in [0.29, 0.717) is 25.9 Å². The lowest BCUT2D eigenvalue weighted by atomic mass is 10.0. The molecule has 0 saturated heterocycles. The first-order valence-corrected chi connectivity index (χ1v) is 37.3. The van der Waals surface area contributed by atoms with E-state index < -0.39 is 12.1 Å². The topological polar surface area (TPSA) is 95.9 Å². The van der Waals surface area contributed by atoms with E-state index in [1.165, 1.54) is 366 Å². The van der Waals surface area contributed by atoms with E-state index in [1.54, 1.807) is 0 Å². The van der Waals surface area contributed by atoms with Gasteiger partial charge in [0.2, 0.25) is 5.91 Å². The number of unbranched alkanes of at least 4 members (excludes halogenated alkanes) is 60. The van der Waals surface area contributed by atoms with E-state index in [1.807, 2.05) is 0 Å². The molecular formula is C74H147NO5. The molecule has 0 saturated carbocycles. The highest BCUT2D eigenvalue weighted by Crippen LogP contribution is 2.20. The van der Waals surface area contributed by atoms with E-state index in [9.17, 15) is 19.8 Å². The first-order chi connectivity index (χ1) is 39.5. The molecule has 6 nitrogen and oxygen atoms in total. The second kappa shape index (κ2) is 70.3. The van der Waals surface area contributed by atoms with Crippen molar-refractivity contribution in [2.45, 2.75) is 450 Å². The summed E-state index contributed by atoms with van der Waals surface area (Å²) in [5, 5.41) is 23.2. The lowest BCUT2D eigenvalue weighted by Gasteiger charge is -2.22. The summed E-state index contributed by atoms with van der Waals surface area (Å²) in [6, 6.07) is -0.534. The largest absolute Gasteiger partial charge is 0.466 e. The van der Waals surface area contributed by atoms with Crippen molar-refractivity contribution >= 4 is 11.9 Å². The first kappa shape index (κ1) is 78.9. The van der Waals surface area contributed by atoms with Crippen LogP contribution in [-0.2, 0) is 14.3 Å². The van der Waals surface area contributed by atoms with Gasteiger partial charge in [0.05, 0.1) is 25.4 Å². The molecule has 0 aliphatic heterocycles. The van der Waals surface area contributed by atoms with Gasteiger partial charge in [-0.2, -0.15) is 0 Å². The molecule has 80 heavy (non-hydrogen) atoms. The second-order valence-electron chi connectivity index (χ2n) is 26.0. The molecule has 3 N–H and O–H groups in total. The predicted octanol–water partition coefficient (Wildman–Crippen LogP) is 24.2. The van der Waals surface area contributed by atoms with Gasteiger partial charge in [0.15, 0.2) is 0 Å². The molecule has 0 aliphatic rings. The summed E-state index contributed by atoms with van der Waals surface area (Å²) >= 11 is 0. The Morgan fingerprint density at radius 2 is 0.512 bits per heavy atom. The van der Waals surface area contributed by atoms with Crippen LogP contribution in [0.1, 0.15) is 438 Å². The van der Waals surface area contributed by atoms with E-state index in [0.717, 1.165) is 38.5 Å². The third-order valence-corrected chi connectivity index (χ3v) is 17.9. The number of esters is 1. The summed E-state index contributed by atoms with van der Waals surface area (Å²) < 4.78 is 5.52. The Bertz CT molecular complexity index is 1160. The maximum absolute atomic E-state index is 12.4. The normalized spacial score (nSPS) is 12.4. The number of amides is 1. The van der Waals surface area contributed by atoms with Crippen molar-refractivity contribution in [1.29, 1.82) is 0 Å². The Labute approximate surface area is 502 Å². The van der Waals surface area contributed by atoms with Crippen LogP contribution in [0.25, 0.3) is 0 Å². The van der Waals surface area contributed by atoms with E-state index in [2.05, 4.69) is 19.2 Å². The Morgan fingerprint density at radius 1 is 0.300 bits per heavy atom. The molecule has 6 heteroatoms. The maximum atomic E-state index is 12.4. The summed E-state index contributed by atoms with van der Waals surface area (Å²) in [5.41, 5.74) is 0. The molecule has 0 aromatic heterocycles. The number of ether oxygens (including phenoxy) is 1. The molecule has 0 bridgehead atoms. The summed E-state index contributed by atoms with van der Waals surface area (Å²) in [7, 11) is 0. The van der Waals surface area contributed by atoms with E-state index in [-0.39, 0.29) is 18.5 Å². The predicted molar refractivity (Wildman–Crippen MR) is 352 cm³/mol. The summed E-state index contributed by atoms with van der Waals surface area (Å²) in [6.07, 6.45) is 86.3. The molecule has 0 radical (unpaired) electrons. The zero-order valence-electron chi connectivity index (χ0n) is 54.9. The van der Waals surface area contributed by atoms with E-state index >= 15 is 0 Å². The highest BCUT2D eigenvalue weighted by atomic mass is 16.5. The zero-order chi connectivity index (χ0) is 57.8. The lowest BCUT2D eigenvalue weighted by molar-refractivity contribution is -0.143. The third kappa shape index (κ3) is 66.0. The van der Waals surface area contributed by atoms with Crippen molar-refractivity contribution in [3.05, 3.63) is 0 Å². The van der Waals surface area contributed by atoms with Crippen molar-refractivity contribution in [1.82, 2.24) is 5.32 Å². The number of carbonyl (C=O) groups is 2. The number of aliphatic hydroxyl groups is 2. The van der Waals surface area contributed by atoms with Crippen molar-refractivity contribution < 1.29 is 24.5 Å². The highest BCUT2D eigenvalue weighted by Gasteiger charge is 2.20. The average Bonchev–Trinajstić information content (AvgIpc) is 3.46. The maximum Gasteiger partial charge on any atom is 0.305 e. The number of hydrogen-bond acceptors (Lipinski definition) is 5. The second-order valence-corrected chi connectivity index (χ2v) is 26.0. The molecular weight excluding hydrogens is 983 g/mol. The zero-order valence-corrected chi connectivity index (χ0v) is 54.9. The van der Waals surface area contributed by atoms with Gasteiger partial charge in [-0.1, -0.05) is 399 Å². The number of aliphatic hydroxyl groups excluding tert-OH is 2. The van der Waals surface area contributed by atoms with Gasteiger partial charge in [-0.3, -0.25) is 9.59 Å². The number of carbonyl (C=O) groups excluding carboxylic acids is 2. The quantitative estimate of drug-likeness (QED) is 0.0417. The van der Waals surface area contributed by atoms with Gasteiger partial charge in [-0.05, 0) is 25.7 Å². The summed E-state index contributed by atoms with van der Waals surface area (Å²) in [6.45, 7) is 4.98. The van der Waals surface area contributed by atoms with Crippen molar-refractivity contribution in [3.63, 3.8) is 0 Å². The van der Waals surface area contributed by atoms with Crippen LogP contribution >= 0.6 is 0 Å². The summed E-state index contributed by atoms with van der Waals surface area (Å²) in [4.78, 5) is 24.6. The molecule has 0 aromatic carbocycles. The van der Waals surface area contributed by atoms with Gasteiger partial charge in [-0.25, -0.2) is 0 Å². The van der Waals surface area contributed by atoms with Crippen molar-refractivity contribution in [2.24, 2.45) is 0 Å². The Balaban J connectivity index is 3.25. The molecule has 0 heterocycles. The SMILES string of the molecule is CCCCCCCCCCCCCCCCCCCCCC(=O)OCCCCCCCCCCCCCCCCCCCCCCCCCCCCCCCCCCCCCC(=O)NC(CO)C(O)CCCCCCCCCCC. The van der Waals surface area contributed by atoms with Gasteiger partial charge >= 0.3 is 5.97 Å². The minimum Gasteiger partial charge on any atom is -0.466 e. The fourth-order valence-corrected chi connectivity index (χ4v) is 12.2. The van der Waals surface area contributed by atoms with Gasteiger partial charge in [0.25, 0.3) is 0 Å². The number of rotatable bonds is 71. The molecule has 1 amide bonds. The number of nitrogens with one attached hydrogen (secondary N) is 1. The molecule has 478 valence electrons. The van der Waals surface area contributed by atoms with Crippen LogP contribution in [0.2, 0.25) is 0 Å². The Morgan fingerprint density at radius 3 is 0.762 bits per heavy atom. The monoisotopic (exact) mass is 1130 g/mol. The standard InChI is InChI=1S/C74H147NO5/c1-3-5-7-9-11-13-14-15-16-17-35-39-42-45-48-52-56-60-64-68-74(79)80-69-65-61-57-53-49-46-43-40-37-34-32-30-28-26-24-22-20-18-19-21-23-25-27-29-31-33-36-38-41-44-47-51-55-59-63-67-73(78)75-71(70-76)72(77)66-62-58-54-50-12-10-8-6-4-2/h71-72,76-77H,3-70H2,1-2H3,(H,75,78). The molecule has 0 spiro atoms.